The van der Waals surface area contributed by atoms with Crippen LogP contribution in [0.1, 0.15) is 19.4 Å². The topological polar surface area (TPSA) is 87.9 Å². The van der Waals surface area contributed by atoms with Gasteiger partial charge in [-0.25, -0.2) is 0 Å². The van der Waals surface area contributed by atoms with Crippen molar-refractivity contribution < 1.29 is 23.3 Å². The second-order valence-corrected chi connectivity index (χ2v) is 9.52. The van der Waals surface area contributed by atoms with Crippen molar-refractivity contribution in [1.29, 1.82) is 0 Å². The van der Waals surface area contributed by atoms with Crippen molar-refractivity contribution >= 4 is 34.5 Å². The van der Waals surface area contributed by atoms with Gasteiger partial charge in [-0.3, -0.25) is 14.7 Å². The first kappa shape index (κ1) is 24.1. The molecule has 3 aromatic carbocycles. The van der Waals surface area contributed by atoms with Gasteiger partial charge < -0.3 is 13.8 Å². The zero-order chi connectivity index (χ0) is 23.1. The number of hydrogen-bond acceptors (Lipinski definition) is 6. The Hall–Kier alpha value is -2.51. The zero-order valence-electron chi connectivity index (χ0n) is 17.7. The van der Waals surface area contributed by atoms with Gasteiger partial charge in [-0.2, -0.15) is 0 Å². The maximum Gasteiger partial charge on any atom is 0.362 e. The Morgan fingerprint density at radius 1 is 0.969 bits per heavy atom. The molecule has 32 heavy (non-hydrogen) atoms. The lowest BCUT2D eigenvalue weighted by Gasteiger charge is -2.21. The number of ether oxygens (including phenoxy) is 1. The van der Waals surface area contributed by atoms with Gasteiger partial charge >= 0.3 is 7.60 Å². The minimum Gasteiger partial charge on any atom is -0.489 e. The molecule has 0 aliphatic carbocycles. The lowest BCUT2D eigenvalue weighted by atomic mass is 10.0. The molecular weight excluding hydrogens is 497 g/mol. The van der Waals surface area contributed by atoms with Crippen molar-refractivity contribution in [2.45, 2.75) is 20.5 Å². The molecule has 3 aromatic rings. The molecular formula is C23H23BrNO6P. The van der Waals surface area contributed by atoms with E-state index in [-0.39, 0.29) is 24.2 Å². The third-order valence-electron chi connectivity index (χ3n) is 4.57. The SMILES string of the molecule is CCOP(=O)(OCC)c1cc(OCc2ccccc2)ccc1-c1c(Br)cccc1[N+](=O)[O-]. The number of rotatable bonds is 10. The minimum absolute atomic E-state index is 0.127. The summed E-state index contributed by atoms with van der Waals surface area (Å²) in [4.78, 5) is 11.2. The molecule has 0 fully saturated rings. The van der Waals surface area contributed by atoms with Crippen LogP contribution in [0.3, 0.4) is 0 Å². The van der Waals surface area contributed by atoms with Crippen molar-refractivity contribution in [3.8, 4) is 16.9 Å². The van der Waals surface area contributed by atoms with E-state index in [1.165, 1.54) is 6.07 Å². The van der Waals surface area contributed by atoms with E-state index >= 15 is 0 Å². The van der Waals surface area contributed by atoms with Crippen molar-refractivity contribution in [3.05, 3.63) is 86.9 Å². The number of halogens is 1. The van der Waals surface area contributed by atoms with Gasteiger partial charge in [0, 0.05) is 16.1 Å². The maximum absolute atomic E-state index is 13.7. The molecule has 0 radical (unpaired) electrons. The van der Waals surface area contributed by atoms with Crippen molar-refractivity contribution in [2.24, 2.45) is 0 Å². The normalized spacial score (nSPS) is 11.3. The van der Waals surface area contributed by atoms with Crippen LogP contribution in [0.5, 0.6) is 5.75 Å². The van der Waals surface area contributed by atoms with E-state index in [1.54, 1.807) is 44.2 Å². The molecule has 0 heterocycles. The van der Waals surface area contributed by atoms with E-state index in [2.05, 4.69) is 15.9 Å². The summed E-state index contributed by atoms with van der Waals surface area (Å²) in [6.07, 6.45) is 0. The molecule has 168 valence electrons. The fraction of sp³-hybridized carbons (Fsp3) is 0.217. The highest BCUT2D eigenvalue weighted by atomic mass is 79.9. The van der Waals surface area contributed by atoms with Crippen LogP contribution in [-0.4, -0.2) is 18.1 Å². The van der Waals surface area contributed by atoms with E-state index in [0.29, 0.717) is 28.0 Å². The van der Waals surface area contributed by atoms with Crippen LogP contribution in [0.25, 0.3) is 11.1 Å². The van der Waals surface area contributed by atoms with Crippen molar-refractivity contribution in [2.75, 3.05) is 13.2 Å². The molecule has 0 saturated heterocycles. The number of nitro benzene ring substituents is 1. The van der Waals surface area contributed by atoms with Crippen LogP contribution in [0.15, 0.2) is 71.2 Å². The summed E-state index contributed by atoms with van der Waals surface area (Å²) in [5, 5.41) is 11.9. The summed E-state index contributed by atoms with van der Waals surface area (Å²) in [6.45, 7) is 4.01. The Morgan fingerprint density at radius 3 is 2.28 bits per heavy atom. The van der Waals surface area contributed by atoms with Crippen LogP contribution < -0.4 is 10.0 Å². The molecule has 0 amide bonds. The minimum atomic E-state index is -3.79. The van der Waals surface area contributed by atoms with Crippen LogP contribution in [0.4, 0.5) is 5.69 Å². The van der Waals surface area contributed by atoms with Crippen LogP contribution in [-0.2, 0) is 20.2 Å². The van der Waals surface area contributed by atoms with E-state index in [1.807, 2.05) is 30.3 Å². The third-order valence-corrected chi connectivity index (χ3v) is 7.39. The first-order valence-corrected chi connectivity index (χ1v) is 12.4. The van der Waals surface area contributed by atoms with Gasteiger partial charge in [-0.15, -0.1) is 0 Å². The predicted molar refractivity (Wildman–Crippen MR) is 127 cm³/mol. The van der Waals surface area contributed by atoms with Gasteiger partial charge in [0.2, 0.25) is 0 Å². The Bertz CT molecular complexity index is 1130. The molecule has 0 aromatic heterocycles. The summed E-state index contributed by atoms with van der Waals surface area (Å²) in [7, 11) is -3.79. The summed E-state index contributed by atoms with van der Waals surface area (Å²) in [5.74, 6) is 0.446. The summed E-state index contributed by atoms with van der Waals surface area (Å²) < 4.78 is 31.3. The summed E-state index contributed by atoms with van der Waals surface area (Å²) >= 11 is 3.40. The molecule has 0 unspecified atom stereocenters. The first-order valence-electron chi connectivity index (χ1n) is 10.0. The average Bonchev–Trinajstić information content (AvgIpc) is 2.78. The molecule has 0 aliphatic rings. The van der Waals surface area contributed by atoms with Gasteiger partial charge in [0.1, 0.15) is 12.4 Å². The Morgan fingerprint density at radius 2 is 1.66 bits per heavy atom. The zero-order valence-corrected chi connectivity index (χ0v) is 20.2. The van der Waals surface area contributed by atoms with Gasteiger partial charge in [0.15, 0.2) is 0 Å². The standard InChI is InChI=1S/C23H23BrNO6P/c1-3-30-32(28,31-4-2)22-15-18(29-16-17-9-6-5-7-10-17)13-14-19(22)23-20(24)11-8-12-21(23)25(26)27/h5-15H,3-4,16H2,1-2H3. The van der Waals surface area contributed by atoms with Crippen LogP contribution in [0, 0.1) is 10.1 Å². The average molecular weight is 520 g/mol. The highest BCUT2D eigenvalue weighted by Gasteiger charge is 2.33. The Kier molecular flexibility index (Phi) is 8.21. The van der Waals surface area contributed by atoms with Crippen LogP contribution in [0.2, 0.25) is 0 Å². The fourth-order valence-electron chi connectivity index (χ4n) is 3.23. The maximum atomic E-state index is 13.7. The molecule has 9 heteroatoms. The molecule has 0 bridgehead atoms. The van der Waals surface area contributed by atoms with E-state index in [9.17, 15) is 14.7 Å². The molecule has 0 aliphatic heterocycles. The van der Waals surface area contributed by atoms with E-state index in [4.69, 9.17) is 13.8 Å². The Labute approximate surface area is 195 Å². The van der Waals surface area contributed by atoms with Crippen molar-refractivity contribution in [3.63, 3.8) is 0 Å². The lowest BCUT2D eigenvalue weighted by molar-refractivity contribution is -0.384. The highest BCUT2D eigenvalue weighted by molar-refractivity contribution is 9.10. The number of nitrogens with zero attached hydrogens (tertiary/aromatic N) is 1. The number of benzene rings is 3. The molecule has 0 N–H and O–H groups in total. The summed E-state index contributed by atoms with van der Waals surface area (Å²) in [6, 6.07) is 19.2. The second kappa shape index (κ2) is 10.9. The van der Waals surface area contributed by atoms with Gasteiger partial charge in [-0.05, 0) is 59.6 Å². The molecule has 3 rings (SSSR count). The fourth-order valence-corrected chi connectivity index (χ4v) is 5.60. The largest absolute Gasteiger partial charge is 0.489 e. The van der Waals surface area contributed by atoms with Gasteiger partial charge in [0.25, 0.3) is 5.69 Å². The number of hydrogen-bond donors (Lipinski definition) is 0. The summed E-state index contributed by atoms with van der Waals surface area (Å²) in [5.41, 5.74) is 1.51. The molecule has 7 nitrogen and oxygen atoms in total. The monoisotopic (exact) mass is 519 g/mol. The predicted octanol–water partition coefficient (Wildman–Crippen LogP) is 6.49. The lowest BCUT2D eigenvalue weighted by Crippen LogP contribution is -2.15. The first-order chi connectivity index (χ1) is 15.4. The highest BCUT2D eigenvalue weighted by Crippen LogP contribution is 2.51. The van der Waals surface area contributed by atoms with E-state index in [0.717, 1.165) is 5.56 Å². The van der Waals surface area contributed by atoms with Gasteiger partial charge in [0.05, 0.1) is 29.0 Å². The van der Waals surface area contributed by atoms with Crippen LogP contribution >= 0.6 is 23.5 Å². The van der Waals surface area contributed by atoms with Crippen molar-refractivity contribution in [1.82, 2.24) is 0 Å². The molecule has 0 saturated carbocycles. The molecule has 0 atom stereocenters. The third kappa shape index (κ3) is 5.45. The van der Waals surface area contributed by atoms with Gasteiger partial charge in [-0.1, -0.05) is 36.4 Å². The van der Waals surface area contributed by atoms with E-state index < -0.39 is 12.5 Å². The number of nitro groups is 1. The second-order valence-electron chi connectivity index (χ2n) is 6.68. The Balaban J connectivity index is 2.15. The quantitative estimate of drug-likeness (QED) is 0.172. The molecule has 0 spiro atoms. The smallest absolute Gasteiger partial charge is 0.362 e.